The molecule has 0 aliphatic heterocycles. The number of carbonyl (C=O) groups excluding carboxylic acids is 4. The van der Waals surface area contributed by atoms with Crippen molar-refractivity contribution < 1.29 is 43.3 Å². The highest BCUT2D eigenvalue weighted by Gasteiger charge is 2.22. The zero-order chi connectivity index (χ0) is 35.9. The lowest BCUT2D eigenvalue weighted by Crippen LogP contribution is -2.42. The topological polar surface area (TPSA) is 157 Å². The molecule has 0 aliphatic rings. The summed E-state index contributed by atoms with van der Waals surface area (Å²) in [6.45, 7) is 2.80. The van der Waals surface area contributed by atoms with Crippen molar-refractivity contribution in [1.29, 1.82) is 0 Å². The number of unbranched alkanes of at least 4 members (excludes halogenated alkanes) is 4. The second kappa shape index (κ2) is 18.5. The SMILES string of the molecule is CCCCCCCOc1ccc(C(=O)Oc2ccc(CC(NC(=O)c3ccc(NC(=O)c4ccc(C(=O)OC)cc4)cc3)C(=O)O)cc2)cc1. The number of methoxy groups -OCH3 is 1. The van der Waals surface area contributed by atoms with Crippen molar-refractivity contribution in [3.63, 3.8) is 0 Å². The molecule has 1 atom stereocenters. The first kappa shape index (κ1) is 36.9. The van der Waals surface area contributed by atoms with Gasteiger partial charge in [-0.1, -0.05) is 44.7 Å². The van der Waals surface area contributed by atoms with Gasteiger partial charge in [0.05, 0.1) is 24.8 Å². The zero-order valence-electron chi connectivity index (χ0n) is 28.0. The molecule has 260 valence electrons. The van der Waals surface area contributed by atoms with Crippen LogP contribution in [0.3, 0.4) is 0 Å². The van der Waals surface area contributed by atoms with Crippen LogP contribution in [0.2, 0.25) is 0 Å². The van der Waals surface area contributed by atoms with Gasteiger partial charge in [0.15, 0.2) is 0 Å². The monoisotopic (exact) mass is 680 g/mol. The summed E-state index contributed by atoms with van der Waals surface area (Å²) in [5.41, 5.74) is 2.19. The number of amides is 2. The molecule has 0 aromatic heterocycles. The van der Waals surface area contributed by atoms with Gasteiger partial charge in [0.1, 0.15) is 17.5 Å². The van der Waals surface area contributed by atoms with Crippen molar-refractivity contribution in [2.45, 2.75) is 51.5 Å². The Balaban J connectivity index is 1.26. The van der Waals surface area contributed by atoms with Crippen LogP contribution in [-0.2, 0) is 16.0 Å². The molecule has 50 heavy (non-hydrogen) atoms. The first-order chi connectivity index (χ1) is 24.2. The Hall–Kier alpha value is -5.97. The molecule has 4 rings (SSSR count). The van der Waals surface area contributed by atoms with Crippen molar-refractivity contribution in [2.24, 2.45) is 0 Å². The maximum absolute atomic E-state index is 12.9. The molecule has 4 aromatic rings. The number of hydrogen-bond acceptors (Lipinski definition) is 8. The van der Waals surface area contributed by atoms with Crippen LogP contribution in [0, 0.1) is 0 Å². The summed E-state index contributed by atoms with van der Waals surface area (Å²) in [6, 6.07) is 23.8. The van der Waals surface area contributed by atoms with Crippen molar-refractivity contribution in [3.8, 4) is 11.5 Å². The molecule has 4 aromatic carbocycles. The molecule has 0 saturated carbocycles. The quantitative estimate of drug-likeness (QED) is 0.0626. The lowest BCUT2D eigenvalue weighted by molar-refractivity contribution is -0.139. The van der Waals surface area contributed by atoms with Gasteiger partial charge in [0.2, 0.25) is 0 Å². The predicted molar refractivity (Wildman–Crippen MR) is 187 cm³/mol. The van der Waals surface area contributed by atoms with E-state index in [0.717, 1.165) is 12.8 Å². The van der Waals surface area contributed by atoms with Gasteiger partial charge in [-0.15, -0.1) is 0 Å². The molecule has 3 N–H and O–H groups in total. The number of ether oxygens (including phenoxy) is 3. The highest BCUT2D eigenvalue weighted by atomic mass is 16.5. The third-order valence-electron chi connectivity index (χ3n) is 7.76. The minimum Gasteiger partial charge on any atom is -0.494 e. The number of hydrogen-bond donors (Lipinski definition) is 3. The molecule has 1 unspecified atom stereocenters. The van der Waals surface area contributed by atoms with Crippen LogP contribution >= 0.6 is 0 Å². The van der Waals surface area contributed by atoms with Crippen LogP contribution in [0.5, 0.6) is 11.5 Å². The molecular weight excluding hydrogens is 640 g/mol. The Bertz CT molecular complexity index is 1750. The third-order valence-corrected chi connectivity index (χ3v) is 7.76. The van der Waals surface area contributed by atoms with Crippen LogP contribution in [0.1, 0.15) is 86.0 Å². The van der Waals surface area contributed by atoms with Crippen molar-refractivity contribution >= 4 is 35.4 Å². The standard InChI is InChI=1S/C39H40N2O9/c1-3-4-5-6-7-24-49-32-22-16-30(17-23-32)39(47)50-33-20-8-26(9-21-33)25-34(37(44)45)41-36(43)28-14-18-31(19-15-28)40-35(42)27-10-12-29(13-11-27)38(46)48-2/h8-23,34H,3-7,24-25H2,1-2H3,(H,40,42)(H,41,43)(H,44,45). The number of carbonyl (C=O) groups is 5. The molecule has 0 radical (unpaired) electrons. The normalized spacial score (nSPS) is 11.2. The van der Waals surface area contributed by atoms with Crippen molar-refractivity contribution in [3.05, 3.63) is 125 Å². The average Bonchev–Trinajstić information content (AvgIpc) is 3.13. The van der Waals surface area contributed by atoms with Gasteiger partial charge in [-0.25, -0.2) is 14.4 Å². The maximum Gasteiger partial charge on any atom is 0.343 e. The molecule has 2 amide bonds. The summed E-state index contributed by atoms with van der Waals surface area (Å²) < 4.78 is 15.9. The fourth-order valence-electron chi connectivity index (χ4n) is 4.90. The molecular formula is C39H40N2O9. The van der Waals surface area contributed by atoms with Gasteiger partial charge in [0, 0.05) is 23.2 Å². The fraction of sp³-hybridized carbons (Fsp3) is 0.256. The number of esters is 2. The van der Waals surface area contributed by atoms with Crippen LogP contribution in [-0.4, -0.2) is 54.6 Å². The fourth-order valence-corrected chi connectivity index (χ4v) is 4.90. The van der Waals surface area contributed by atoms with Crippen LogP contribution in [0.4, 0.5) is 5.69 Å². The van der Waals surface area contributed by atoms with E-state index in [4.69, 9.17) is 9.47 Å². The number of carboxylic acid groups (broad SMARTS) is 1. The van der Waals surface area contributed by atoms with Gasteiger partial charge in [0.25, 0.3) is 11.8 Å². The van der Waals surface area contributed by atoms with Crippen molar-refractivity contribution in [2.75, 3.05) is 19.0 Å². The van der Waals surface area contributed by atoms with E-state index in [1.165, 1.54) is 74.9 Å². The van der Waals surface area contributed by atoms with Gasteiger partial charge in [-0.2, -0.15) is 0 Å². The summed E-state index contributed by atoms with van der Waals surface area (Å²) in [6.07, 6.45) is 5.71. The van der Waals surface area contributed by atoms with E-state index in [1.54, 1.807) is 48.5 Å². The Kier molecular flexibility index (Phi) is 13.7. The average molecular weight is 681 g/mol. The van der Waals surface area contributed by atoms with Crippen molar-refractivity contribution in [1.82, 2.24) is 5.32 Å². The predicted octanol–water partition coefficient (Wildman–Crippen LogP) is 6.72. The van der Waals surface area contributed by atoms with Gasteiger partial charge < -0.3 is 30.0 Å². The number of anilines is 1. The van der Waals surface area contributed by atoms with E-state index < -0.39 is 35.8 Å². The van der Waals surface area contributed by atoms with Crippen LogP contribution in [0.15, 0.2) is 97.1 Å². The highest BCUT2D eigenvalue weighted by molar-refractivity contribution is 6.05. The second-order valence-electron chi connectivity index (χ2n) is 11.5. The van der Waals surface area contributed by atoms with Gasteiger partial charge in [-0.3, -0.25) is 9.59 Å². The second-order valence-corrected chi connectivity index (χ2v) is 11.5. The Morgan fingerprint density at radius 2 is 1.18 bits per heavy atom. The number of aliphatic carboxylic acids is 1. The molecule has 11 nitrogen and oxygen atoms in total. The minimum atomic E-state index is -1.24. The summed E-state index contributed by atoms with van der Waals surface area (Å²) >= 11 is 0. The third kappa shape index (κ3) is 11.0. The number of rotatable bonds is 17. The summed E-state index contributed by atoms with van der Waals surface area (Å²) in [5.74, 6) is -2.34. The summed E-state index contributed by atoms with van der Waals surface area (Å²) in [4.78, 5) is 61.7. The Labute approximate surface area is 290 Å². The summed E-state index contributed by atoms with van der Waals surface area (Å²) in [7, 11) is 1.27. The van der Waals surface area contributed by atoms with E-state index in [-0.39, 0.29) is 17.7 Å². The molecule has 0 fully saturated rings. The van der Waals surface area contributed by atoms with E-state index in [1.807, 2.05) is 0 Å². The van der Waals surface area contributed by atoms with E-state index in [9.17, 15) is 29.1 Å². The van der Waals surface area contributed by atoms with E-state index in [0.29, 0.717) is 40.3 Å². The molecule has 0 spiro atoms. The van der Waals surface area contributed by atoms with Gasteiger partial charge in [-0.05, 0) is 96.9 Å². The first-order valence-corrected chi connectivity index (χ1v) is 16.3. The molecule has 0 heterocycles. The molecule has 0 bridgehead atoms. The van der Waals surface area contributed by atoms with Crippen LogP contribution in [0.25, 0.3) is 0 Å². The number of benzene rings is 4. The van der Waals surface area contributed by atoms with E-state index in [2.05, 4.69) is 22.3 Å². The lowest BCUT2D eigenvalue weighted by atomic mass is 10.0. The molecule has 0 saturated heterocycles. The number of nitrogens with one attached hydrogen (secondary N) is 2. The molecule has 11 heteroatoms. The first-order valence-electron chi connectivity index (χ1n) is 16.3. The lowest BCUT2D eigenvalue weighted by Gasteiger charge is -2.15. The molecule has 0 aliphatic carbocycles. The zero-order valence-corrected chi connectivity index (χ0v) is 28.0. The maximum atomic E-state index is 12.9. The summed E-state index contributed by atoms with van der Waals surface area (Å²) in [5, 5.41) is 15.0. The largest absolute Gasteiger partial charge is 0.494 e. The Morgan fingerprint density at radius 3 is 1.80 bits per heavy atom. The van der Waals surface area contributed by atoms with E-state index >= 15 is 0 Å². The minimum absolute atomic E-state index is 0.0156. The Morgan fingerprint density at radius 1 is 0.640 bits per heavy atom. The van der Waals surface area contributed by atoms with Gasteiger partial charge >= 0.3 is 17.9 Å². The smallest absolute Gasteiger partial charge is 0.343 e. The van der Waals surface area contributed by atoms with Crippen LogP contribution < -0.4 is 20.1 Å². The number of carboxylic acids is 1. The highest BCUT2D eigenvalue weighted by Crippen LogP contribution is 2.19.